The molecule has 4 heterocycles. The molecule has 1 atom stereocenters. The number of rotatable bonds is 6. The van der Waals surface area contributed by atoms with Crippen LogP contribution in [0, 0.1) is 6.92 Å². The maximum atomic E-state index is 13.5. The highest BCUT2D eigenvalue weighted by molar-refractivity contribution is 7.13. The number of carbonyl (C=O) groups excluding carboxylic acids is 1. The average molecular weight is 483 g/mol. The van der Waals surface area contributed by atoms with Crippen LogP contribution < -0.4 is 10.1 Å². The molecule has 170 valence electrons. The molecule has 0 aliphatic carbocycles. The van der Waals surface area contributed by atoms with Gasteiger partial charge in [-0.15, -0.1) is 11.3 Å². The standard InChI is InChI=1S/C24H23ClN4O3S/c1-14-22-17(12-19(21-6-4-10-33-21)26-23(22)29(2)28-14)24(30)27-18-11-15(25)7-8-20(18)32-13-16-5-3-9-31-16/h4,6-8,10-12,16H,3,5,9,13H2,1-2H3,(H,27,30). The zero-order valence-corrected chi connectivity index (χ0v) is 19.9. The fourth-order valence-corrected chi connectivity index (χ4v) is 4.91. The van der Waals surface area contributed by atoms with Gasteiger partial charge in [-0.1, -0.05) is 17.7 Å². The summed E-state index contributed by atoms with van der Waals surface area (Å²) in [5.74, 6) is 0.274. The van der Waals surface area contributed by atoms with Gasteiger partial charge in [0, 0.05) is 18.7 Å². The second-order valence-corrected chi connectivity index (χ2v) is 9.36. The van der Waals surface area contributed by atoms with Crippen LogP contribution in [0.3, 0.4) is 0 Å². The van der Waals surface area contributed by atoms with Crippen LogP contribution in [0.25, 0.3) is 21.6 Å². The van der Waals surface area contributed by atoms with Crippen molar-refractivity contribution < 1.29 is 14.3 Å². The molecule has 1 aromatic carbocycles. The van der Waals surface area contributed by atoms with E-state index in [1.165, 1.54) is 0 Å². The molecule has 5 rings (SSSR count). The van der Waals surface area contributed by atoms with Crippen LogP contribution in [-0.4, -0.2) is 40.0 Å². The van der Waals surface area contributed by atoms with Gasteiger partial charge in [-0.2, -0.15) is 5.10 Å². The molecule has 9 heteroatoms. The summed E-state index contributed by atoms with van der Waals surface area (Å²) in [6.07, 6.45) is 2.07. The molecule has 0 spiro atoms. The van der Waals surface area contributed by atoms with Gasteiger partial charge < -0.3 is 14.8 Å². The number of anilines is 1. The van der Waals surface area contributed by atoms with E-state index >= 15 is 0 Å². The molecule has 0 bridgehead atoms. The first-order valence-electron chi connectivity index (χ1n) is 10.7. The van der Waals surface area contributed by atoms with Gasteiger partial charge >= 0.3 is 0 Å². The fourth-order valence-electron chi connectivity index (χ4n) is 4.05. The number of amides is 1. The van der Waals surface area contributed by atoms with Gasteiger partial charge in [-0.25, -0.2) is 4.98 Å². The lowest BCUT2D eigenvalue weighted by molar-refractivity contribution is 0.0682. The van der Waals surface area contributed by atoms with Crippen molar-refractivity contribution in [3.63, 3.8) is 0 Å². The number of hydrogen-bond acceptors (Lipinski definition) is 6. The van der Waals surface area contributed by atoms with E-state index in [1.54, 1.807) is 34.2 Å². The smallest absolute Gasteiger partial charge is 0.256 e. The largest absolute Gasteiger partial charge is 0.489 e. The number of ether oxygens (including phenoxy) is 2. The maximum absolute atomic E-state index is 13.5. The summed E-state index contributed by atoms with van der Waals surface area (Å²) in [6.45, 7) is 3.06. The number of thiophene rings is 1. The minimum absolute atomic E-state index is 0.0652. The number of halogens is 1. The molecule has 0 radical (unpaired) electrons. The molecule has 3 aromatic heterocycles. The predicted octanol–water partition coefficient (Wildman–Crippen LogP) is 5.47. The van der Waals surface area contributed by atoms with Crippen LogP contribution >= 0.6 is 22.9 Å². The van der Waals surface area contributed by atoms with E-state index < -0.39 is 0 Å². The number of benzene rings is 1. The first-order valence-corrected chi connectivity index (χ1v) is 12.0. The van der Waals surface area contributed by atoms with Crippen LogP contribution in [0.4, 0.5) is 5.69 Å². The highest BCUT2D eigenvalue weighted by Gasteiger charge is 2.22. The van der Waals surface area contributed by atoms with Crippen molar-refractivity contribution in [2.24, 2.45) is 7.05 Å². The predicted molar refractivity (Wildman–Crippen MR) is 130 cm³/mol. The van der Waals surface area contributed by atoms with E-state index in [0.717, 1.165) is 41.1 Å². The van der Waals surface area contributed by atoms with Gasteiger partial charge in [0.2, 0.25) is 0 Å². The Balaban J connectivity index is 1.50. The van der Waals surface area contributed by atoms with Crippen molar-refractivity contribution in [3.8, 4) is 16.3 Å². The average Bonchev–Trinajstić information content (AvgIpc) is 3.56. The molecule has 1 saturated heterocycles. The monoisotopic (exact) mass is 482 g/mol. The van der Waals surface area contributed by atoms with Crippen LogP contribution in [0.15, 0.2) is 41.8 Å². The number of aryl methyl sites for hydroxylation is 2. The lowest BCUT2D eigenvalue weighted by Gasteiger charge is -2.16. The molecule has 1 N–H and O–H groups in total. The number of aromatic nitrogens is 3. The summed E-state index contributed by atoms with van der Waals surface area (Å²) in [7, 11) is 1.83. The highest BCUT2D eigenvalue weighted by Crippen LogP contribution is 2.32. The van der Waals surface area contributed by atoms with Crippen molar-refractivity contribution in [2.75, 3.05) is 18.5 Å². The Hall–Kier alpha value is -2.94. The van der Waals surface area contributed by atoms with Crippen molar-refractivity contribution >= 4 is 45.6 Å². The minimum Gasteiger partial charge on any atom is -0.489 e. The van der Waals surface area contributed by atoms with Crippen molar-refractivity contribution in [2.45, 2.75) is 25.9 Å². The highest BCUT2D eigenvalue weighted by atomic mass is 35.5. The lowest BCUT2D eigenvalue weighted by Crippen LogP contribution is -2.18. The van der Waals surface area contributed by atoms with Crippen LogP contribution in [0.1, 0.15) is 28.9 Å². The molecule has 0 saturated carbocycles. The Bertz CT molecular complexity index is 1310. The van der Waals surface area contributed by atoms with Gasteiger partial charge in [0.1, 0.15) is 12.4 Å². The van der Waals surface area contributed by atoms with Crippen molar-refractivity contribution in [1.29, 1.82) is 0 Å². The Morgan fingerprint density at radius 2 is 2.24 bits per heavy atom. The molecular weight excluding hydrogens is 460 g/mol. The zero-order valence-electron chi connectivity index (χ0n) is 18.3. The van der Waals surface area contributed by atoms with E-state index in [-0.39, 0.29) is 12.0 Å². The number of pyridine rings is 1. The summed E-state index contributed by atoms with van der Waals surface area (Å²) in [5.41, 5.74) is 3.13. The number of carbonyl (C=O) groups is 1. The van der Waals surface area contributed by atoms with Crippen LogP contribution in [0.5, 0.6) is 5.75 Å². The number of fused-ring (bicyclic) bond motifs is 1. The number of nitrogens with one attached hydrogen (secondary N) is 1. The number of hydrogen-bond donors (Lipinski definition) is 1. The zero-order chi connectivity index (χ0) is 22.9. The van der Waals surface area contributed by atoms with Crippen molar-refractivity contribution in [3.05, 3.63) is 58.1 Å². The van der Waals surface area contributed by atoms with Gasteiger partial charge in [0.25, 0.3) is 5.91 Å². The summed E-state index contributed by atoms with van der Waals surface area (Å²) < 4.78 is 13.3. The van der Waals surface area contributed by atoms with Gasteiger partial charge in [-0.3, -0.25) is 9.48 Å². The Morgan fingerprint density at radius 3 is 3.00 bits per heavy atom. The van der Waals surface area contributed by atoms with E-state index in [0.29, 0.717) is 34.3 Å². The number of nitrogens with zero attached hydrogens (tertiary/aromatic N) is 3. The van der Waals surface area contributed by atoms with E-state index in [1.807, 2.05) is 37.6 Å². The van der Waals surface area contributed by atoms with Gasteiger partial charge in [-0.05, 0) is 55.5 Å². The lowest BCUT2D eigenvalue weighted by atomic mass is 10.1. The quantitative estimate of drug-likeness (QED) is 0.394. The van der Waals surface area contributed by atoms with E-state index in [2.05, 4.69) is 10.4 Å². The summed E-state index contributed by atoms with van der Waals surface area (Å²) in [4.78, 5) is 19.3. The SMILES string of the molecule is Cc1nn(C)c2nc(-c3cccs3)cc(C(=O)Nc3cc(Cl)ccc3OCC3CCCO3)c12. The minimum atomic E-state index is -0.277. The molecule has 7 nitrogen and oxygen atoms in total. The topological polar surface area (TPSA) is 78.3 Å². The van der Waals surface area contributed by atoms with Gasteiger partial charge in [0.05, 0.1) is 39.0 Å². The molecule has 1 amide bonds. The first-order chi connectivity index (χ1) is 16.0. The summed E-state index contributed by atoms with van der Waals surface area (Å²) >= 11 is 7.81. The second kappa shape index (κ2) is 9.13. The second-order valence-electron chi connectivity index (χ2n) is 7.98. The molecule has 1 aliphatic rings. The Morgan fingerprint density at radius 1 is 1.36 bits per heavy atom. The first kappa shape index (κ1) is 21.9. The fraction of sp³-hybridized carbons (Fsp3) is 0.292. The van der Waals surface area contributed by atoms with Gasteiger partial charge in [0.15, 0.2) is 5.65 Å². The molecule has 1 unspecified atom stereocenters. The third-order valence-corrected chi connectivity index (χ3v) is 6.75. The summed E-state index contributed by atoms with van der Waals surface area (Å²) in [6, 6.07) is 11.0. The van der Waals surface area contributed by atoms with E-state index in [9.17, 15) is 4.79 Å². The molecule has 1 aliphatic heterocycles. The van der Waals surface area contributed by atoms with Crippen molar-refractivity contribution in [1.82, 2.24) is 14.8 Å². The molecular formula is C24H23ClN4O3S. The summed E-state index contributed by atoms with van der Waals surface area (Å²) in [5, 5.41) is 10.7. The van der Waals surface area contributed by atoms with Crippen LogP contribution in [-0.2, 0) is 11.8 Å². The Labute approximate surface area is 200 Å². The van der Waals surface area contributed by atoms with Crippen LogP contribution in [0.2, 0.25) is 5.02 Å². The third-order valence-electron chi connectivity index (χ3n) is 5.63. The third kappa shape index (κ3) is 4.46. The van der Waals surface area contributed by atoms with E-state index in [4.69, 9.17) is 26.1 Å². The molecule has 1 fully saturated rings. The maximum Gasteiger partial charge on any atom is 0.256 e. The normalized spacial score (nSPS) is 15.8. The molecule has 4 aromatic rings. The Kier molecular flexibility index (Phi) is 6.05. The molecule has 33 heavy (non-hydrogen) atoms.